The van der Waals surface area contributed by atoms with Crippen LogP contribution in [0.5, 0.6) is 0 Å². The second kappa shape index (κ2) is 7.40. The molecule has 0 aliphatic carbocycles. The summed E-state index contributed by atoms with van der Waals surface area (Å²) in [6.07, 6.45) is 0. The van der Waals surface area contributed by atoms with Crippen molar-refractivity contribution in [3.8, 4) is 0 Å². The molecule has 0 amide bonds. The lowest BCUT2D eigenvalue weighted by molar-refractivity contribution is 0.0656. The minimum atomic E-state index is 0.255. The summed E-state index contributed by atoms with van der Waals surface area (Å²) in [4.78, 5) is 6.72. The van der Waals surface area contributed by atoms with E-state index < -0.39 is 0 Å². The molecule has 0 radical (unpaired) electrons. The van der Waals surface area contributed by atoms with Gasteiger partial charge in [-0.15, -0.1) is 0 Å². The van der Waals surface area contributed by atoms with E-state index >= 15 is 0 Å². The molecule has 2 rings (SSSR count). The van der Waals surface area contributed by atoms with Crippen molar-refractivity contribution in [2.24, 2.45) is 0 Å². The van der Waals surface area contributed by atoms with Crippen molar-refractivity contribution in [1.29, 1.82) is 0 Å². The molecule has 1 heterocycles. The zero-order valence-corrected chi connectivity index (χ0v) is 12.8. The van der Waals surface area contributed by atoms with Crippen LogP contribution in [0.15, 0.2) is 22.6 Å². The number of hydrogen-bond acceptors (Lipinski definition) is 6. The summed E-state index contributed by atoms with van der Waals surface area (Å²) in [5.74, 6) is 0.676. The maximum absolute atomic E-state index is 5.77. The third-order valence-corrected chi connectivity index (χ3v) is 3.41. The lowest BCUT2D eigenvalue weighted by atomic mass is 10.3. The maximum atomic E-state index is 5.77. The first-order chi connectivity index (χ1) is 10.1. The van der Waals surface area contributed by atoms with E-state index in [1.54, 1.807) is 20.3 Å². The van der Waals surface area contributed by atoms with Gasteiger partial charge in [-0.25, -0.2) is 4.98 Å². The van der Waals surface area contributed by atoms with Gasteiger partial charge in [0.15, 0.2) is 5.58 Å². The molecule has 0 aliphatic rings. The van der Waals surface area contributed by atoms with E-state index in [0.717, 1.165) is 17.6 Å². The Morgan fingerprint density at radius 3 is 2.86 bits per heavy atom. The van der Waals surface area contributed by atoms with Crippen LogP contribution >= 0.6 is 0 Å². The zero-order chi connectivity index (χ0) is 15.2. The Balaban J connectivity index is 2.12. The Morgan fingerprint density at radius 1 is 1.33 bits per heavy atom. The fraction of sp³-hybridized carbons (Fsp3) is 0.533. The Labute approximate surface area is 124 Å². The number of rotatable bonds is 8. The number of hydrogen-bond donors (Lipinski definition) is 1. The first-order valence-electron chi connectivity index (χ1n) is 7.01. The molecule has 6 heteroatoms. The number of nitrogens with two attached hydrogens (primary N) is 1. The van der Waals surface area contributed by atoms with Crippen LogP contribution in [-0.2, 0) is 16.0 Å². The summed E-state index contributed by atoms with van der Waals surface area (Å²) >= 11 is 0. The Morgan fingerprint density at radius 2 is 2.14 bits per heavy atom. The number of benzene rings is 1. The number of aromatic nitrogens is 1. The van der Waals surface area contributed by atoms with Crippen LogP contribution in [0.4, 0.5) is 5.69 Å². The van der Waals surface area contributed by atoms with Crippen LogP contribution in [0.25, 0.3) is 11.1 Å². The molecule has 0 bridgehead atoms. The van der Waals surface area contributed by atoms with Gasteiger partial charge in [0, 0.05) is 38.6 Å². The second-order valence-electron chi connectivity index (χ2n) is 5.10. The van der Waals surface area contributed by atoms with Crippen molar-refractivity contribution >= 4 is 16.8 Å². The maximum Gasteiger partial charge on any atom is 0.209 e. The van der Waals surface area contributed by atoms with E-state index in [2.05, 4.69) is 16.8 Å². The standard InChI is InChI=1S/C15H23N3O3/c1-11(10-20-3)18(6-7-19-2)9-15-17-13-5-4-12(16)8-14(13)21-15/h4-5,8,11H,6-7,9-10,16H2,1-3H3. The highest BCUT2D eigenvalue weighted by molar-refractivity contribution is 5.76. The number of nitrogen functional groups attached to an aromatic ring is 1. The van der Waals surface area contributed by atoms with Gasteiger partial charge < -0.3 is 19.6 Å². The molecular formula is C15H23N3O3. The molecular weight excluding hydrogens is 270 g/mol. The third-order valence-electron chi connectivity index (χ3n) is 3.41. The summed E-state index contributed by atoms with van der Waals surface area (Å²) < 4.78 is 16.2. The van der Waals surface area contributed by atoms with Crippen LogP contribution in [-0.4, -0.2) is 49.9 Å². The summed E-state index contributed by atoms with van der Waals surface area (Å²) in [7, 11) is 3.40. The lowest BCUT2D eigenvalue weighted by Crippen LogP contribution is -2.38. The van der Waals surface area contributed by atoms with E-state index in [1.807, 2.05) is 12.1 Å². The predicted molar refractivity (Wildman–Crippen MR) is 82.0 cm³/mol. The van der Waals surface area contributed by atoms with E-state index in [1.165, 1.54) is 0 Å². The molecule has 0 fully saturated rings. The average Bonchev–Trinajstić information content (AvgIpc) is 2.85. The molecule has 1 atom stereocenters. The number of nitrogens with zero attached hydrogens (tertiary/aromatic N) is 2. The van der Waals surface area contributed by atoms with Gasteiger partial charge in [-0.2, -0.15) is 0 Å². The topological polar surface area (TPSA) is 73.8 Å². The molecule has 1 aromatic heterocycles. The van der Waals surface area contributed by atoms with Crippen LogP contribution in [0, 0.1) is 0 Å². The van der Waals surface area contributed by atoms with E-state index in [0.29, 0.717) is 31.3 Å². The van der Waals surface area contributed by atoms with Gasteiger partial charge >= 0.3 is 0 Å². The van der Waals surface area contributed by atoms with Gasteiger partial charge in [0.2, 0.25) is 5.89 Å². The fourth-order valence-electron chi connectivity index (χ4n) is 2.24. The van der Waals surface area contributed by atoms with E-state index in [4.69, 9.17) is 19.6 Å². The lowest BCUT2D eigenvalue weighted by Gasteiger charge is -2.26. The molecule has 0 saturated heterocycles. The third kappa shape index (κ3) is 4.17. The van der Waals surface area contributed by atoms with Gasteiger partial charge in [-0.3, -0.25) is 4.90 Å². The molecule has 1 aromatic carbocycles. The van der Waals surface area contributed by atoms with Crippen LogP contribution in [0.1, 0.15) is 12.8 Å². The fourth-order valence-corrected chi connectivity index (χ4v) is 2.24. The first kappa shape index (κ1) is 15.8. The van der Waals surface area contributed by atoms with Gasteiger partial charge in [0.1, 0.15) is 5.52 Å². The van der Waals surface area contributed by atoms with Crippen molar-refractivity contribution in [1.82, 2.24) is 9.88 Å². The number of ether oxygens (including phenoxy) is 2. The van der Waals surface area contributed by atoms with E-state index in [-0.39, 0.29) is 6.04 Å². The van der Waals surface area contributed by atoms with Crippen molar-refractivity contribution in [2.75, 3.05) is 39.7 Å². The molecule has 1 unspecified atom stereocenters. The average molecular weight is 293 g/mol. The molecule has 2 aromatic rings. The summed E-state index contributed by atoms with van der Waals surface area (Å²) in [5, 5.41) is 0. The quantitative estimate of drug-likeness (QED) is 0.749. The minimum absolute atomic E-state index is 0.255. The van der Waals surface area contributed by atoms with E-state index in [9.17, 15) is 0 Å². The highest BCUT2D eigenvalue weighted by atomic mass is 16.5. The Kier molecular flexibility index (Phi) is 5.55. The molecule has 21 heavy (non-hydrogen) atoms. The monoisotopic (exact) mass is 293 g/mol. The highest BCUT2D eigenvalue weighted by Crippen LogP contribution is 2.19. The van der Waals surface area contributed by atoms with Crippen molar-refractivity contribution in [3.63, 3.8) is 0 Å². The van der Waals surface area contributed by atoms with Gasteiger partial charge in [-0.1, -0.05) is 0 Å². The second-order valence-corrected chi connectivity index (χ2v) is 5.10. The van der Waals surface area contributed by atoms with Gasteiger partial charge in [0.25, 0.3) is 0 Å². The number of fused-ring (bicyclic) bond motifs is 1. The molecule has 0 spiro atoms. The van der Waals surface area contributed by atoms with Crippen molar-refractivity contribution in [2.45, 2.75) is 19.5 Å². The molecule has 0 saturated carbocycles. The van der Waals surface area contributed by atoms with Gasteiger partial charge in [-0.05, 0) is 19.1 Å². The van der Waals surface area contributed by atoms with Crippen LogP contribution in [0.2, 0.25) is 0 Å². The van der Waals surface area contributed by atoms with Gasteiger partial charge in [0.05, 0.1) is 19.8 Å². The van der Waals surface area contributed by atoms with Crippen LogP contribution < -0.4 is 5.73 Å². The predicted octanol–water partition coefficient (Wildman–Crippen LogP) is 1.89. The molecule has 116 valence electrons. The normalized spacial score (nSPS) is 13.1. The molecule has 2 N–H and O–H groups in total. The highest BCUT2D eigenvalue weighted by Gasteiger charge is 2.17. The minimum Gasteiger partial charge on any atom is -0.439 e. The first-order valence-corrected chi connectivity index (χ1v) is 7.01. The zero-order valence-electron chi connectivity index (χ0n) is 12.8. The summed E-state index contributed by atoms with van der Waals surface area (Å²) in [5.41, 5.74) is 7.97. The number of methoxy groups -OCH3 is 2. The van der Waals surface area contributed by atoms with Crippen molar-refractivity contribution in [3.05, 3.63) is 24.1 Å². The molecule has 0 aliphatic heterocycles. The Bertz CT molecular complexity index is 570. The largest absolute Gasteiger partial charge is 0.439 e. The number of oxazole rings is 1. The van der Waals surface area contributed by atoms with Crippen molar-refractivity contribution < 1.29 is 13.9 Å². The smallest absolute Gasteiger partial charge is 0.209 e. The molecule has 6 nitrogen and oxygen atoms in total. The Hall–Kier alpha value is -1.63. The SMILES string of the molecule is COCCN(Cc1nc2ccc(N)cc2o1)C(C)COC. The summed E-state index contributed by atoms with van der Waals surface area (Å²) in [6, 6.07) is 5.75. The summed E-state index contributed by atoms with van der Waals surface area (Å²) in [6.45, 7) is 4.82. The van der Waals surface area contributed by atoms with Crippen LogP contribution in [0.3, 0.4) is 0 Å². The number of anilines is 1.